The molecule has 1 amide bonds. The molecule has 0 bridgehead atoms. The van der Waals surface area contributed by atoms with Gasteiger partial charge < -0.3 is 9.47 Å². The molecule has 1 heterocycles. The van der Waals surface area contributed by atoms with E-state index in [-0.39, 0.29) is 17.4 Å². The summed E-state index contributed by atoms with van der Waals surface area (Å²) in [5.74, 6) is 0.691. The second-order valence-corrected chi connectivity index (χ2v) is 9.65. The zero-order valence-corrected chi connectivity index (χ0v) is 18.6. The molecule has 1 fully saturated rings. The summed E-state index contributed by atoms with van der Waals surface area (Å²) < 4.78 is 2.21. The maximum atomic E-state index is 13.5. The van der Waals surface area contributed by atoms with Crippen molar-refractivity contribution < 1.29 is 4.79 Å². The summed E-state index contributed by atoms with van der Waals surface area (Å²) in [6.45, 7) is 7.71. The van der Waals surface area contributed by atoms with E-state index in [1.807, 2.05) is 29.2 Å². The number of hydrogen-bond acceptors (Lipinski definition) is 1. The van der Waals surface area contributed by atoms with Crippen LogP contribution >= 0.6 is 11.6 Å². The third kappa shape index (κ3) is 4.62. The molecular formula is C26H29ClN2O. The van der Waals surface area contributed by atoms with Gasteiger partial charge in [-0.05, 0) is 68.5 Å². The molecule has 2 aromatic carbocycles. The van der Waals surface area contributed by atoms with Crippen LogP contribution in [-0.4, -0.2) is 20.9 Å². The Balaban J connectivity index is 1.51. The Bertz CT molecular complexity index is 1020. The van der Waals surface area contributed by atoms with Gasteiger partial charge in [0.1, 0.15) is 0 Å². The Labute approximate surface area is 184 Å². The van der Waals surface area contributed by atoms with Crippen LogP contribution in [0.25, 0.3) is 0 Å². The molecule has 156 valence electrons. The average molecular weight is 421 g/mol. The van der Waals surface area contributed by atoms with Crippen molar-refractivity contribution in [3.05, 3.63) is 94.8 Å². The van der Waals surface area contributed by atoms with Crippen LogP contribution in [0.1, 0.15) is 49.9 Å². The third-order valence-electron chi connectivity index (χ3n) is 5.90. The van der Waals surface area contributed by atoms with E-state index >= 15 is 0 Å². The van der Waals surface area contributed by atoms with E-state index < -0.39 is 0 Å². The fourth-order valence-electron chi connectivity index (χ4n) is 4.12. The molecule has 30 heavy (non-hydrogen) atoms. The molecule has 1 aliphatic rings. The summed E-state index contributed by atoms with van der Waals surface area (Å²) in [6.07, 6.45) is 3.02. The molecule has 0 unspecified atom stereocenters. The van der Waals surface area contributed by atoms with E-state index in [0.29, 0.717) is 12.5 Å². The standard InChI is InChI=1S/C26H29ClN2O/c1-26(2,3)29(25(30)24-16-23(24)20-10-5-4-6-11-20)18-22-13-8-14-28(22)17-19-9-7-12-21(27)15-19/h4-15,23-24H,16-18H2,1-3H3/t23-,24+/m0/s1. The van der Waals surface area contributed by atoms with Crippen molar-refractivity contribution in [1.82, 2.24) is 9.47 Å². The molecule has 0 saturated heterocycles. The average Bonchev–Trinajstić information content (AvgIpc) is 3.39. The van der Waals surface area contributed by atoms with Crippen molar-refractivity contribution in [1.29, 1.82) is 0 Å². The number of hydrogen-bond donors (Lipinski definition) is 0. The lowest BCUT2D eigenvalue weighted by Crippen LogP contribution is -2.46. The highest BCUT2D eigenvalue weighted by atomic mass is 35.5. The van der Waals surface area contributed by atoms with E-state index in [1.165, 1.54) is 5.56 Å². The van der Waals surface area contributed by atoms with E-state index in [9.17, 15) is 4.79 Å². The van der Waals surface area contributed by atoms with Crippen LogP contribution in [0.5, 0.6) is 0 Å². The van der Waals surface area contributed by atoms with Crippen LogP contribution < -0.4 is 0 Å². The molecule has 0 spiro atoms. The van der Waals surface area contributed by atoms with Gasteiger partial charge in [-0.1, -0.05) is 54.1 Å². The van der Waals surface area contributed by atoms with E-state index in [2.05, 4.69) is 74.0 Å². The van der Waals surface area contributed by atoms with Gasteiger partial charge in [0.05, 0.1) is 6.54 Å². The summed E-state index contributed by atoms with van der Waals surface area (Å²) in [4.78, 5) is 15.5. The second-order valence-electron chi connectivity index (χ2n) is 9.21. The van der Waals surface area contributed by atoms with E-state index in [1.54, 1.807) is 0 Å². The van der Waals surface area contributed by atoms with E-state index in [4.69, 9.17) is 11.6 Å². The lowest BCUT2D eigenvalue weighted by atomic mass is 10.0. The number of amides is 1. The van der Waals surface area contributed by atoms with Gasteiger partial charge in [-0.3, -0.25) is 4.79 Å². The van der Waals surface area contributed by atoms with Crippen LogP contribution in [0.2, 0.25) is 5.02 Å². The van der Waals surface area contributed by atoms with E-state index in [0.717, 1.165) is 29.2 Å². The fourth-order valence-corrected chi connectivity index (χ4v) is 4.34. The molecule has 3 aromatic rings. The first kappa shape index (κ1) is 20.7. The highest BCUT2D eigenvalue weighted by molar-refractivity contribution is 6.30. The minimum Gasteiger partial charge on any atom is -0.345 e. The fraction of sp³-hybridized carbons (Fsp3) is 0.346. The molecule has 0 aliphatic heterocycles. The van der Waals surface area contributed by atoms with Gasteiger partial charge in [0.25, 0.3) is 0 Å². The number of carbonyl (C=O) groups is 1. The zero-order chi connectivity index (χ0) is 21.3. The second kappa shape index (κ2) is 8.31. The van der Waals surface area contributed by atoms with Gasteiger partial charge >= 0.3 is 0 Å². The highest BCUT2D eigenvalue weighted by Gasteiger charge is 2.47. The van der Waals surface area contributed by atoms with Gasteiger partial charge in [0.2, 0.25) is 5.91 Å². The Morgan fingerprint density at radius 1 is 1.07 bits per heavy atom. The summed E-state index contributed by atoms with van der Waals surface area (Å²) >= 11 is 6.15. The van der Waals surface area contributed by atoms with Gasteiger partial charge in [-0.15, -0.1) is 0 Å². The molecule has 3 nitrogen and oxygen atoms in total. The molecule has 1 aliphatic carbocycles. The van der Waals surface area contributed by atoms with Crippen molar-refractivity contribution >= 4 is 17.5 Å². The summed E-state index contributed by atoms with van der Waals surface area (Å²) in [5, 5.41) is 0.744. The van der Waals surface area contributed by atoms with Crippen LogP contribution in [0, 0.1) is 5.92 Å². The van der Waals surface area contributed by atoms with Gasteiger partial charge in [-0.25, -0.2) is 0 Å². The molecule has 2 atom stereocenters. The quantitative estimate of drug-likeness (QED) is 0.471. The molecule has 0 radical (unpaired) electrons. The number of benzene rings is 2. The zero-order valence-electron chi connectivity index (χ0n) is 17.9. The predicted octanol–water partition coefficient (Wildman–Crippen LogP) is 6.12. The minimum atomic E-state index is -0.244. The lowest BCUT2D eigenvalue weighted by molar-refractivity contribution is -0.138. The smallest absolute Gasteiger partial charge is 0.227 e. The highest BCUT2D eigenvalue weighted by Crippen LogP contribution is 2.49. The molecule has 4 rings (SSSR count). The Morgan fingerprint density at radius 2 is 1.83 bits per heavy atom. The molecule has 4 heteroatoms. The van der Waals surface area contributed by atoms with Crippen molar-refractivity contribution in [2.45, 2.75) is 51.7 Å². The lowest BCUT2D eigenvalue weighted by Gasteiger charge is -2.36. The first-order valence-corrected chi connectivity index (χ1v) is 11.0. The van der Waals surface area contributed by atoms with Gasteiger partial charge in [0.15, 0.2) is 0 Å². The van der Waals surface area contributed by atoms with Crippen molar-refractivity contribution in [3.8, 4) is 0 Å². The maximum absolute atomic E-state index is 13.5. The monoisotopic (exact) mass is 420 g/mol. The molecular weight excluding hydrogens is 392 g/mol. The SMILES string of the molecule is CC(C)(C)N(Cc1cccn1Cc1cccc(Cl)c1)C(=O)[C@@H]1C[C@H]1c1ccccc1. The van der Waals surface area contributed by atoms with Crippen LogP contribution in [0.3, 0.4) is 0 Å². The number of nitrogens with zero attached hydrogens (tertiary/aromatic N) is 2. The number of aromatic nitrogens is 1. The molecule has 1 aromatic heterocycles. The van der Waals surface area contributed by atoms with Crippen LogP contribution in [0.4, 0.5) is 0 Å². The van der Waals surface area contributed by atoms with Crippen LogP contribution in [0.15, 0.2) is 72.9 Å². The Morgan fingerprint density at radius 3 is 2.53 bits per heavy atom. The number of rotatable bonds is 6. The number of carbonyl (C=O) groups excluding carboxylic acids is 1. The van der Waals surface area contributed by atoms with Gasteiger partial charge in [0, 0.05) is 34.9 Å². The first-order chi connectivity index (χ1) is 14.3. The van der Waals surface area contributed by atoms with Crippen molar-refractivity contribution in [2.24, 2.45) is 5.92 Å². The summed E-state index contributed by atoms with van der Waals surface area (Å²) in [5.41, 5.74) is 3.32. The van der Waals surface area contributed by atoms with Crippen LogP contribution in [-0.2, 0) is 17.9 Å². The maximum Gasteiger partial charge on any atom is 0.227 e. The van der Waals surface area contributed by atoms with Crippen molar-refractivity contribution in [2.75, 3.05) is 0 Å². The minimum absolute atomic E-state index is 0.0861. The molecule has 0 N–H and O–H groups in total. The summed E-state index contributed by atoms with van der Waals surface area (Å²) in [7, 11) is 0. The number of halogens is 1. The van der Waals surface area contributed by atoms with Crippen molar-refractivity contribution in [3.63, 3.8) is 0 Å². The largest absolute Gasteiger partial charge is 0.345 e. The first-order valence-electron chi connectivity index (χ1n) is 10.6. The molecule has 1 saturated carbocycles. The summed E-state index contributed by atoms with van der Waals surface area (Å²) in [6, 6.07) is 22.5. The third-order valence-corrected chi connectivity index (χ3v) is 6.13. The normalized spacial score (nSPS) is 18.3. The topological polar surface area (TPSA) is 25.2 Å². The van der Waals surface area contributed by atoms with Gasteiger partial charge in [-0.2, -0.15) is 0 Å². The Hall–Kier alpha value is -2.52. The Kier molecular flexibility index (Phi) is 5.75. The predicted molar refractivity (Wildman–Crippen MR) is 123 cm³/mol.